The second-order valence-electron chi connectivity index (χ2n) is 16.2. The maximum Gasteiger partial charge on any atom is 0.164 e. The summed E-state index contributed by atoms with van der Waals surface area (Å²) in [7, 11) is 0. The molecule has 0 radical (unpaired) electrons. The highest BCUT2D eigenvalue weighted by Gasteiger charge is 2.51. The summed E-state index contributed by atoms with van der Waals surface area (Å²) < 4.78 is 2.57. The zero-order valence-electron chi connectivity index (χ0n) is 33.5. The minimum absolute atomic E-state index is 0.434. The molecule has 0 unspecified atom stereocenters. The van der Waals surface area contributed by atoms with E-state index in [1.165, 1.54) is 70.2 Å². The molecule has 0 bridgehead atoms. The van der Waals surface area contributed by atoms with Gasteiger partial charge in [-0.3, -0.25) is 0 Å². The molecule has 4 heteroatoms. The summed E-state index contributed by atoms with van der Waals surface area (Å²) in [6, 6.07) is 76.7. The van der Waals surface area contributed by atoms with Crippen LogP contribution in [0.3, 0.4) is 0 Å². The molecule has 2 aromatic heterocycles. The largest absolute Gasteiger partial charge is 0.208 e. The molecule has 0 N–H and O–H groups in total. The molecule has 0 saturated heterocycles. The molecule has 0 amide bonds. The maximum absolute atomic E-state index is 5.33. The quantitative estimate of drug-likeness (QED) is 0.174. The summed E-state index contributed by atoms with van der Waals surface area (Å²) in [6.45, 7) is 0. The molecule has 2 aliphatic carbocycles. The Hall–Kier alpha value is -7.79. The lowest BCUT2D eigenvalue weighted by Crippen LogP contribution is -2.25. The first kappa shape index (κ1) is 35.0. The van der Waals surface area contributed by atoms with Gasteiger partial charge < -0.3 is 0 Å². The van der Waals surface area contributed by atoms with Crippen LogP contribution in [0, 0.1) is 0 Å². The predicted octanol–water partition coefficient (Wildman–Crippen LogP) is 14.9. The van der Waals surface area contributed by atoms with Crippen LogP contribution in [-0.2, 0) is 5.41 Å². The number of fused-ring (bicyclic) bond motifs is 13. The van der Waals surface area contributed by atoms with Crippen molar-refractivity contribution in [2.24, 2.45) is 0 Å². The second kappa shape index (κ2) is 13.6. The number of rotatable bonds is 5. The lowest BCUT2D eigenvalue weighted by Gasteiger charge is -2.30. The summed E-state index contributed by atoms with van der Waals surface area (Å²) in [5.41, 5.74) is 17.4. The first-order chi connectivity index (χ1) is 30.7. The highest BCUT2D eigenvalue weighted by molar-refractivity contribution is 7.26. The number of nitrogens with zero attached hydrogens (tertiary/aromatic N) is 3. The maximum atomic E-state index is 5.33. The van der Waals surface area contributed by atoms with Crippen molar-refractivity contribution < 1.29 is 0 Å². The zero-order chi connectivity index (χ0) is 40.8. The van der Waals surface area contributed by atoms with Crippen molar-refractivity contribution in [3.63, 3.8) is 0 Å². The smallest absolute Gasteiger partial charge is 0.164 e. The van der Waals surface area contributed by atoms with Crippen molar-refractivity contribution in [3.05, 3.63) is 235 Å². The molecule has 3 nitrogen and oxygen atoms in total. The molecule has 288 valence electrons. The number of benzene rings is 9. The third-order valence-electron chi connectivity index (χ3n) is 13.0. The molecule has 0 saturated carbocycles. The van der Waals surface area contributed by atoms with Gasteiger partial charge in [-0.1, -0.05) is 194 Å². The molecule has 62 heavy (non-hydrogen) atoms. The Balaban J connectivity index is 0.990. The molecule has 0 fully saturated rings. The minimum atomic E-state index is -0.434. The van der Waals surface area contributed by atoms with E-state index >= 15 is 0 Å². The van der Waals surface area contributed by atoms with E-state index in [1.54, 1.807) is 0 Å². The zero-order valence-corrected chi connectivity index (χ0v) is 34.3. The fourth-order valence-electron chi connectivity index (χ4n) is 10.3. The molecule has 1 spiro atoms. The third kappa shape index (κ3) is 5.08. The molecule has 0 aliphatic heterocycles. The van der Waals surface area contributed by atoms with Crippen LogP contribution in [0.1, 0.15) is 22.3 Å². The van der Waals surface area contributed by atoms with Crippen LogP contribution in [0.15, 0.2) is 212 Å². The average Bonchev–Trinajstić information content (AvgIpc) is 3.98. The van der Waals surface area contributed by atoms with Gasteiger partial charge in [-0.2, -0.15) is 0 Å². The fraction of sp³-hybridized carbons (Fsp3) is 0.0172. The van der Waals surface area contributed by atoms with Gasteiger partial charge in [0.2, 0.25) is 0 Å². The molecule has 11 aromatic rings. The molecular formula is C58H35N3S. The highest BCUT2D eigenvalue weighted by Crippen LogP contribution is 2.63. The molecule has 13 rings (SSSR count). The van der Waals surface area contributed by atoms with Gasteiger partial charge in [0.05, 0.1) is 5.41 Å². The van der Waals surface area contributed by atoms with E-state index < -0.39 is 5.41 Å². The van der Waals surface area contributed by atoms with Crippen molar-refractivity contribution in [1.29, 1.82) is 0 Å². The van der Waals surface area contributed by atoms with Gasteiger partial charge in [0.15, 0.2) is 17.5 Å². The first-order valence-corrected chi connectivity index (χ1v) is 21.9. The van der Waals surface area contributed by atoms with Gasteiger partial charge in [0, 0.05) is 36.9 Å². The molecule has 2 aliphatic rings. The van der Waals surface area contributed by atoms with Crippen molar-refractivity contribution in [1.82, 2.24) is 15.0 Å². The van der Waals surface area contributed by atoms with Crippen LogP contribution in [0.25, 0.3) is 98.8 Å². The van der Waals surface area contributed by atoms with E-state index in [0.717, 1.165) is 33.4 Å². The van der Waals surface area contributed by atoms with Gasteiger partial charge in [-0.25, -0.2) is 15.0 Å². The van der Waals surface area contributed by atoms with E-state index in [0.29, 0.717) is 17.5 Å². The summed E-state index contributed by atoms with van der Waals surface area (Å²) in [4.78, 5) is 15.8. The molecular weight excluding hydrogens is 771 g/mol. The lowest BCUT2D eigenvalue weighted by atomic mass is 9.70. The summed E-state index contributed by atoms with van der Waals surface area (Å²) in [6.07, 6.45) is 0. The number of hydrogen-bond donors (Lipinski definition) is 0. The SMILES string of the molecule is c1ccc(-c2nc(-c3cccc(-c4cccc5c4sc4ccccc45)c3)nc(-c3ccccc3-c3ccc4c(c3)C3(c5ccccc5-c5ccccc53)c3ccccc3-4)n2)cc1. The highest BCUT2D eigenvalue weighted by atomic mass is 32.1. The van der Waals surface area contributed by atoms with Crippen LogP contribution in [0.2, 0.25) is 0 Å². The Morgan fingerprint density at radius 2 is 0.774 bits per heavy atom. The van der Waals surface area contributed by atoms with Gasteiger partial charge in [0.1, 0.15) is 0 Å². The molecule has 9 aromatic carbocycles. The topological polar surface area (TPSA) is 38.7 Å². The Kier molecular flexibility index (Phi) is 7.69. The van der Waals surface area contributed by atoms with Gasteiger partial charge in [0.25, 0.3) is 0 Å². The Morgan fingerprint density at radius 1 is 0.290 bits per heavy atom. The number of thiophene rings is 1. The van der Waals surface area contributed by atoms with Crippen LogP contribution in [0.5, 0.6) is 0 Å². The van der Waals surface area contributed by atoms with Crippen molar-refractivity contribution in [3.8, 4) is 78.7 Å². The molecule has 0 atom stereocenters. The van der Waals surface area contributed by atoms with Gasteiger partial charge in [-0.05, 0) is 85.0 Å². The average molecular weight is 806 g/mol. The summed E-state index contributed by atoms with van der Waals surface area (Å²) in [5, 5.41) is 2.57. The van der Waals surface area contributed by atoms with Crippen LogP contribution in [0.4, 0.5) is 0 Å². The van der Waals surface area contributed by atoms with Gasteiger partial charge in [-0.15, -0.1) is 11.3 Å². The van der Waals surface area contributed by atoms with E-state index in [1.807, 2.05) is 29.5 Å². The van der Waals surface area contributed by atoms with E-state index in [9.17, 15) is 0 Å². The standard InChI is InChI=1S/C58H35N3S/c1-2-16-36(17-3-1)55-59-56(39-19-14-18-37(34-39)41-26-15-27-47-46-24-9-13-31-53(46)62-54(41)47)61-57(60-55)48-25-5-4-20-40(48)38-32-33-45-44-23-8-12-30-51(44)58(52(45)35-38)49-28-10-6-21-42(49)43-22-7-11-29-50(43)58/h1-35H. The van der Waals surface area contributed by atoms with E-state index in [4.69, 9.17) is 15.0 Å². The van der Waals surface area contributed by atoms with Gasteiger partial charge >= 0.3 is 0 Å². The normalized spacial score (nSPS) is 13.0. The Bertz CT molecular complexity index is 3540. The third-order valence-corrected chi connectivity index (χ3v) is 14.2. The summed E-state index contributed by atoms with van der Waals surface area (Å²) in [5.74, 6) is 1.91. The Morgan fingerprint density at radius 3 is 1.50 bits per heavy atom. The summed E-state index contributed by atoms with van der Waals surface area (Å²) >= 11 is 1.85. The van der Waals surface area contributed by atoms with E-state index in [2.05, 4.69) is 194 Å². The first-order valence-electron chi connectivity index (χ1n) is 21.1. The van der Waals surface area contributed by atoms with Crippen molar-refractivity contribution >= 4 is 31.5 Å². The van der Waals surface area contributed by atoms with Crippen LogP contribution in [-0.4, -0.2) is 15.0 Å². The van der Waals surface area contributed by atoms with Crippen molar-refractivity contribution in [2.45, 2.75) is 5.41 Å². The number of hydrogen-bond acceptors (Lipinski definition) is 4. The lowest BCUT2D eigenvalue weighted by molar-refractivity contribution is 0.794. The van der Waals surface area contributed by atoms with Crippen LogP contribution >= 0.6 is 11.3 Å². The number of aromatic nitrogens is 3. The van der Waals surface area contributed by atoms with E-state index in [-0.39, 0.29) is 0 Å². The fourth-order valence-corrected chi connectivity index (χ4v) is 11.6. The minimum Gasteiger partial charge on any atom is -0.208 e. The predicted molar refractivity (Wildman–Crippen MR) is 256 cm³/mol. The van der Waals surface area contributed by atoms with Crippen molar-refractivity contribution in [2.75, 3.05) is 0 Å². The Labute approximate surface area is 363 Å². The monoisotopic (exact) mass is 805 g/mol. The molecule has 2 heterocycles. The second-order valence-corrected chi connectivity index (χ2v) is 17.3. The van der Waals surface area contributed by atoms with Crippen LogP contribution < -0.4 is 0 Å².